The maximum absolute atomic E-state index is 11.2. The first kappa shape index (κ1) is 68.8. The zero-order valence-electron chi connectivity index (χ0n) is 55.7. The summed E-state index contributed by atoms with van der Waals surface area (Å²) in [5.41, 5.74) is 23.4. The number of amides is 1. The molecule has 3 N–H and O–H groups in total. The fourth-order valence-corrected chi connectivity index (χ4v) is 12.4. The van der Waals surface area contributed by atoms with Gasteiger partial charge >= 0.3 is 0 Å². The van der Waals surface area contributed by atoms with E-state index in [0.717, 1.165) is 39.5 Å². The van der Waals surface area contributed by atoms with Gasteiger partial charge in [0.05, 0.1) is 11.9 Å². The van der Waals surface area contributed by atoms with Gasteiger partial charge in [-0.15, -0.1) is 0 Å². The molecule has 0 saturated heterocycles. The second-order valence-electron chi connectivity index (χ2n) is 31.5. The van der Waals surface area contributed by atoms with Crippen molar-refractivity contribution < 1.29 is 9.59 Å². The third-order valence-corrected chi connectivity index (χ3v) is 17.1. The minimum absolute atomic E-state index is 0.0502. The van der Waals surface area contributed by atoms with Gasteiger partial charge in [-0.05, 0) is 184 Å². The van der Waals surface area contributed by atoms with Gasteiger partial charge in [0.25, 0.3) is 0 Å². The molecule has 1 amide bonds. The average Bonchev–Trinajstić information content (AvgIpc) is 3.20. The lowest BCUT2D eigenvalue weighted by Gasteiger charge is -2.25. The Balaban J connectivity index is 0.000000163. The highest BCUT2D eigenvalue weighted by molar-refractivity contribution is 9.10. The van der Waals surface area contributed by atoms with E-state index in [2.05, 4.69) is 184 Å². The standard InChI is InChI=1S/C15H21N.C14H20N2O.2C12H16BrN.C12H18N2.C8H16O/c1-15(2,3)13-12(10-4-5-10)8-9-16-14(13)11-6-7-11;1-9(17)16-11-7-12(14(2,3)4)13(15-8-11)10-5-6-10;1-12(2,3)10-6-9(13)7-14-11(10)8-4-5-8;2*1-12(2,3)10-9(13)6-7-14-11(10)8-4-5-8;1-6(2)7(9)8(3,4)5/h8-11H,4-7H2,1-3H3;7-8,10H,5-6H2,1-4H3,(H,16,17);2*6-8H,4-5H2,1-3H3;6-8H,4-5H2,1-3H3,(H2,13,14);6H,1-5H3. The normalized spacial score (nSPS) is 17.1. The molecule has 0 spiro atoms. The van der Waals surface area contributed by atoms with Crippen LogP contribution in [-0.4, -0.2) is 36.6 Å². The molecular weight excluding hydrogens is 1170 g/mol. The van der Waals surface area contributed by atoms with Crippen molar-refractivity contribution in [1.29, 1.82) is 0 Å². The molecule has 0 aromatic carbocycles. The van der Waals surface area contributed by atoms with Gasteiger partial charge in [-0.3, -0.25) is 34.5 Å². The molecule has 11 heteroatoms. The summed E-state index contributed by atoms with van der Waals surface area (Å²) in [6.07, 6.45) is 25.2. The van der Waals surface area contributed by atoms with Crippen LogP contribution in [0.1, 0.15) is 320 Å². The molecule has 0 unspecified atom stereocenters. The Morgan fingerprint density at radius 1 is 0.476 bits per heavy atom. The SMILES string of the molecule is CC(=O)Nc1cnc(C2CC2)c(C(C)(C)C)c1.CC(C)(C)c1c(Br)ccnc1C1CC1.CC(C)(C)c1c(C2CC2)ccnc1C1CC1.CC(C)(C)c1c(N)ccnc1C1CC1.CC(C)(C)c1cc(Br)cnc1C1CC1.CC(C)C(=O)C(C)(C)C. The molecule has 460 valence electrons. The molecule has 6 aliphatic carbocycles. The van der Waals surface area contributed by atoms with Crippen LogP contribution in [0.5, 0.6) is 0 Å². The highest BCUT2D eigenvalue weighted by Gasteiger charge is 2.38. The summed E-state index contributed by atoms with van der Waals surface area (Å²) in [5, 5.41) is 2.80. The highest BCUT2D eigenvalue weighted by atomic mass is 79.9. The van der Waals surface area contributed by atoms with Crippen LogP contribution < -0.4 is 11.1 Å². The predicted molar refractivity (Wildman–Crippen MR) is 360 cm³/mol. The number of pyridine rings is 5. The van der Waals surface area contributed by atoms with Crippen molar-refractivity contribution >= 4 is 54.9 Å². The number of aromatic nitrogens is 5. The number of nitrogens with two attached hydrogens (primary N) is 1. The van der Waals surface area contributed by atoms with E-state index in [1.165, 1.54) is 139 Å². The number of hydrogen-bond donors (Lipinski definition) is 2. The number of carbonyl (C=O) groups is 2. The number of ketones is 1. The molecule has 6 saturated carbocycles. The van der Waals surface area contributed by atoms with Crippen molar-refractivity contribution in [3.05, 3.63) is 132 Å². The molecular formula is C73H107Br2N7O2. The van der Waals surface area contributed by atoms with Crippen molar-refractivity contribution in [1.82, 2.24) is 24.9 Å². The maximum atomic E-state index is 11.2. The predicted octanol–water partition coefficient (Wildman–Crippen LogP) is 20.5. The lowest BCUT2D eigenvalue weighted by atomic mass is 9.80. The number of nitrogens with one attached hydrogen (secondary N) is 1. The summed E-state index contributed by atoms with van der Waals surface area (Å²) in [4.78, 5) is 45.0. The van der Waals surface area contributed by atoms with Gasteiger partial charge in [-0.25, -0.2) is 0 Å². The average molecular weight is 1270 g/mol. The first-order chi connectivity index (χ1) is 38.8. The Hall–Kier alpha value is -4.35. The Morgan fingerprint density at radius 3 is 1.21 bits per heavy atom. The number of rotatable bonds is 8. The van der Waals surface area contributed by atoms with E-state index in [1.807, 2.05) is 71.5 Å². The van der Waals surface area contributed by atoms with Gasteiger partial charge in [-0.2, -0.15) is 0 Å². The molecule has 5 heterocycles. The quantitative estimate of drug-likeness (QED) is 0.157. The van der Waals surface area contributed by atoms with E-state index >= 15 is 0 Å². The Labute approximate surface area is 525 Å². The van der Waals surface area contributed by atoms with E-state index in [0.29, 0.717) is 17.6 Å². The van der Waals surface area contributed by atoms with Crippen LogP contribution >= 0.6 is 31.9 Å². The van der Waals surface area contributed by atoms with E-state index < -0.39 is 0 Å². The number of nitrogens with zero attached hydrogens (tertiary/aromatic N) is 5. The largest absolute Gasteiger partial charge is 0.398 e. The van der Waals surface area contributed by atoms with E-state index in [1.54, 1.807) is 17.3 Å². The van der Waals surface area contributed by atoms with Crippen molar-refractivity contribution in [2.75, 3.05) is 11.1 Å². The van der Waals surface area contributed by atoms with Crippen LogP contribution in [0.25, 0.3) is 0 Å². The van der Waals surface area contributed by atoms with Gasteiger partial charge in [-0.1, -0.05) is 154 Å². The third-order valence-electron chi connectivity index (χ3n) is 16.0. The van der Waals surface area contributed by atoms with Crippen LogP contribution in [0.2, 0.25) is 0 Å². The van der Waals surface area contributed by atoms with Crippen molar-refractivity contribution in [3.63, 3.8) is 0 Å². The summed E-state index contributed by atoms with van der Waals surface area (Å²) in [7, 11) is 0. The zero-order chi connectivity index (χ0) is 62.7. The summed E-state index contributed by atoms with van der Waals surface area (Å²) in [6, 6.07) is 10.5. The van der Waals surface area contributed by atoms with Gasteiger partial charge in [0.2, 0.25) is 5.91 Å². The van der Waals surface area contributed by atoms with E-state index in [4.69, 9.17) is 5.73 Å². The van der Waals surface area contributed by atoms with Gasteiger partial charge < -0.3 is 11.1 Å². The van der Waals surface area contributed by atoms with Crippen molar-refractivity contribution in [2.24, 2.45) is 11.3 Å². The highest BCUT2D eigenvalue weighted by Crippen LogP contribution is 2.51. The molecule has 0 bridgehead atoms. The first-order valence-electron chi connectivity index (χ1n) is 31.7. The van der Waals surface area contributed by atoms with Gasteiger partial charge in [0.1, 0.15) is 5.78 Å². The Morgan fingerprint density at radius 2 is 0.845 bits per heavy atom. The van der Waals surface area contributed by atoms with Gasteiger partial charge in [0, 0.05) is 121 Å². The van der Waals surface area contributed by atoms with Crippen LogP contribution in [0.4, 0.5) is 11.4 Å². The number of hydrogen-bond acceptors (Lipinski definition) is 8. The number of halogens is 2. The minimum Gasteiger partial charge on any atom is -0.398 e. The smallest absolute Gasteiger partial charge is 0.221 e. The molecule has 9 nitrogen and oxygen atoms in total. The van der Waals surface area contributed by atoms with Crippen LogP contribution in [0, 0.1) is 11.3 Å². The van der Waals surface area contributed by atoms with Crippen molar-refractivity contribution in [2.45, 2.75) is 285 Å². The molecule has 5 aromatic heterocycles. The molecule has 6 fully saturated rings. The minimum atomic E-state index is -0.159. The monoisotopic (exact) mass is 1270 g/mol. The second kappa shape index (κ2) is 27.4. The molecule has 5 aromatic rings. The Kier molecular flexibility index (Phi) is 22.4. The van der Waals surface area contributed by atoms with Crippen molar-refractivity contribution in [3.8, 4) is 0 Å². The number of Topliss-reactive ketones (excluding diaryl/α,β-unsaturated/α-hetero) is 1. The molecule has 6 aliphatic rings. The molecule has 84 heavy (non-hydrogen) atoms. The first-order valence-corrected chi connectivity index (χ1v) is 33.2. The van der Waals surface area contributed by atoms with E-state index in [9.17, 15) is 9.59 Å². The zero-order valence-corrected chi connectivity index (χ0v) is 58.9. The molecule has 0 aliphatic heterocycles. The van der Waals surface area contributed by atoms with Crippen LogP contribution in [0.15, 0.2) is 70.3 Å². The molecule has 0 atom stereocenters. The number of carbonyl (C=O) groups excluding carboxylic acids is 2. The number of nitrogen functional groups attached to an aromatic ring is 1. The summed E-state index contributed by atoms with van der Waals surface area (Å²) >= 11 is 7.13. The van der Waals surface area contributed by atoms with Crippen LogP contribution in [-0.2, 0) is 36.7 Å². The van der Waals surface area contributed by atoms with E-state index in [-0.39, 0.29) is 44.3 Å². The van der Waals surface area contributed by atoms with Crippen LogP contribution in [0.3, 0.4) is 0 Å². The van der Waals surface area contributed by atoms with Gasteiger partial charge in [0.15, 0.2) is 0 Å². The fourth-order valence-electron chi connectivity index (χ4n) is 11.2. The lowest BCUT2D eigenvalue weighted by molar-refractivity contribution is -0.129. The molecule has 11 rings (SSSR count). The Bertz CT molecular complexity index is 2940. The second-order valence-corrected chi connectivity index (χ2v) is 33.2. The number of anilines is 2. The summed E-state index contributed by atoms with van der Waals surface area (Å²) in [5.74, 6) is 4.84. The third kappa shape index (κ3) is 20.4. The molecule has 0 radical (unpaired) electrons. The topological polar surface area (TPSA) is 137 Å². The lowest BCUT2D eigenvalue weighted by Crippen LogP contribution is -2.24. The summed E-state index contributed by atoms with van der Waals surface area (Å²) < 4.78 is 2.30. The maximum Gasteiger partial charge on any atom is 0.221 e. The summed E-state index contributed by atoms with van der Waals surface area (Å²) in [6.45, 7) is 44.9. The fraction of sp³-hybridized carbons (Fsp3) is 0.630.